The van der Waals surface area contributed by atoms with E-state index in [1.165, 1.54) is 0 Å². The van der Waals surface area contributed by atoms with E-state index in [1.54, 1.807) is 23.3 Å². The number of aromatic nitrogens is 3. The number of aryl methyl sites for hydroxylation is 1. The van der Waals surface area contributed by atoms with Gasteiger partial charge in [-0.25, -0.2) is 9.50 Å². The molecule has 2 unspecified atom stereocenters. The lowest BCUT2D eigenvalue weighted by atomic mass is 9.94. The van der Waals surface area contributed by atoms with Crippen molar-refractivity contribution in [3.63, 3.8) is 0 Å². The van der Waals surface area contributed by atoms with Gasteiger partial charge in [0.2, 0.25) is 11.7 Å². The number of halogens is 1. The standard InChI is InChI=1S/C24H28ClN5O3/c1-13(2)12-26-18-8-10-29(24(32)22-15(4)27-23(33-22)16(5)31)21(14(18)3)19-11-20-17(25)7-6-9-30(20)28-19/h6-7,9,11-12,16,21,26,31H,8,10H2,1-5H3. The van der Waals surface area contributed by atoms with Crippen molar-refractivity contribution in [1.82, 2.24) is 24.8 Å². The fraction of sp³-hybridized carbons (Fsp3) is 0.375. The number of amides is 1. The summed E-state index contributed by atoms with van der Waals surface area (Å²) in [5.74, 6) is -0.0334. The Morgan fingerprint density at radius 3 is 2.79 bits per heavy atom. The van der Waals surface area contributed by atoms with Gasteiger partial charge in [0.1, 0.15) is 6.10 Å². The number of nitrogens with one attached hydrogen (secondary N) is 1. The molecule has 1 aliphatic rings. The van der Waals surface area contributed by atoms with Crippen molar-refractivity contribution in [1.29, 1.82) is 0 Å². The van der Waals surface area contributed by atoms with Crippen molar-refractivity contribution in [2.75, 3.05) is 6.54 Å². The van der Waals surface area contributed by atoms with Gasteiger partial charge >= 0.3 is 0 Å². The average molecular weight is 470 g/mol. The molecule has 1 aliphatic heterocycles. The van der Waals surface area contributed by atoms with E-state index in [9.17, 15) is 9.90 Å². The zero-order valence-electron chi connectivity index (χ0n) is 19.4. The number of oxazole rings is 1. The second-order valence-corrected chi connectivity index (χ2v) is 8.98. The zero-order chi connectivity index (χ0) is 23.9. The molecule has 2 atom stereocenters. The molecule has 8 nitrogen and oxygen atoms in total. The number of nitrogens with zero attached hydrogens (tertiary/aromatic N) is 4. The molecule has 0 radical (unpaired) electrons. The molecule has 3 aromatic rings. The molecule has 0 aliphatic carbocycles. The summed E-state index contributed by atoms with van der Waals surface area (Å²) in [6.45, 7) is 9.77. The molecule has 4 rings (SSSR count). The molecule has 4 heterocycles. The SMILES string of the molecule is CC(C)=CNC1=C(C)C(c2cc3c(Cl)cccn3n2)N(C(=O)c2oc(C(C)O)nc2C)CC1. The van der Waals surface area contributed by atoms with Gasteiger partial charge in [-0.2, -0.15) is 5.10 Å². The summed E-state index contributed by atoms with van der Waals surface area (Å²) in [5, 5.41) is 18.6. The van der Waals surface area contributed by atoms with Gasteiger partial charge in [-0.1, -0.05) is 17.2 Å². The smallest absolute Gasteiger partial charge is 0.292 e. The molecule has 0 fully saturated rings. The van der Waals surface area contributed by atoms with Gasteiger partial charge in [0, 0.05) is 24.9 Å². The van der Waals surface area contributed by atoms with E-state index in [2.05, 4.69) is 10.3 Å². The van der Waals surface area contributed by atoms with Gasteiger partial charge in [-0.3, -0.25) is 4.79 Å². The quantitative estimate of drug-likeness (QED) is 0.561. The first-order chi connectivity index (χ1) is 15.7. The first-order valence-electron chi connectivity index (χ1n) is 10.9. The highest BCUT2D eigenvalue weighted by Crippen LogP contribution is 2.37. The zero-order valence-corrected chi connectivity index (χ0v) is 20.1. The van der Waals surface area contributed by atoms with Gasteiger partial charge in [-0.15, -0.1) is 0 Å². The normalized spacial score (nSPS) is 17.4. The van der Waals surface area contributed by atoms with Gasteiger partial charge in [-0.05, 0) is 64.6 Å². The summed E-state index contributed by atoms with van der Waals surface area (Å²) < 4.78 is 7.37. The van der Waals surface area contributed by atoms with Gasteiger partial charge in [0.25, 0.3) is 5.91 Å². The molecule has 0 spiro atoms. The highest BCUT2D eigenvalue weighted by molar-refractivity contribution is 6.33. The number of hydrogen-bond donors (Lipinski definition) is 2. The van der Waals surface area contributed by atoms with Crippen LogP contribution >= 0.6 is 11.6 Å². The Morgan fingerprint density at radius 1 is 1.39 bits per heavy atom. The van der Waals surface area contributed by atoms with Crippen molar-refractivity contribution in [2.45, 2.75) is 53.2 Å². The molecular formula is C24H28ClN5O3. The van der Waals surface area contributed by atoms with E-state index in [4.69, 9.17) is 21.1 Å². The number of hydrogen-bond acceptors (Lipinski definition) is 6. The van der Waals surface area contributed by atoms with Crippen LogP contribution in [0.5, 0.6) is 0 Å². The molecule has 9 heteroatoms. The molecule has 174 valence electrons. The van der Waals surface area contributed by atoms with Crippen LogP contribution in [-0.4, -0.2) is 37.1 Å². The minimum atomic E-state index is -0.899. The minimum Gasteiger partial charge on any atom is -0.432 e. The minimum absolute atomic E-state index is 0.127. The van der Waals surface area contributed by atoms with Crippen LogP contribution in [0.15, 0.2) is 51.9 Å². The van der Waals surface area contributed by atoms with Crippen molar-refractivity contribution in [3.05, 3.63) is 75.5 Å². The van der Waals surface area contributed by atoms with E-state index in [0.717, 1.165) is 22.4 Å². The van der Waals surface area contributed by atoms with E-state index >= 15 is 0 Å². The molecule has 0 bridgehead atoms. The fourth-order valence-corrected chi connectivity index (χ4v) is 4.25. The van der Waals surface area contributed by atoms with Crippen molar-refractivity contribution in [3.8, 4) is 0 Å². The maximum atomic E-state index is 13.6. The second-order valence-electron chi connectivity index (χ2n) is 8.58. The van der Waals surface area contributed by atoms with E-state index < -0.39 is 12.1 Å². The predicted molar refractivity (Wildman–Crippen MR) is 126 cm³/mol. The number of fused-ring (bicyclic) bond motifs is 1. The molecule has 0 aromatic carbocycles. The van der Waals surface area contributed by atoms with Crippen LogP contribution in [0.3, 0.4) is 0 Å². The Labute approximate surface area is 197 Å². The number of carbonyl (C=O) groups is 1. The molecule has 1 amide bonds. The Kier molecular flexibility index (Phi) is 6.32. The van der Waals surface area contributed by atoms with Crippen molar-refractivity contribution >= 4 is 23.0 Å². The van der Waals surface area contributed by atoms with E-state index in [-0.39, 0.29) is 17.6 Å². The summed E-state index contributed by atoms with van der Waals surface area (Å²) in [7, 11) is 0. The highest BCUT2D eigenvalue weighted by atomic mass is 35.5. The molecular weight excluding hydrogens is 442 g/mol. The summed E-state index contributed by atoms with van der Waals surface area (Å²) in [6.07, 6.45) is 3.55. The number of carbonyl (C=O) groups excluding carboxylic acids is 1. The first-order valence-corrected chi connectivity index (χ1v) is 11.2. The average Bonchev–Trinajstić information content (AvgIpc) is 3.36. The lowest BCUT2D eigenvalue weighted by Gasteiger charge is -2.36. The van der Waals surface area contributed by atoms with Crippen LogP contribution in [0.25, 0.3) is 5.52 Å². The van der Waals surface area contributed by atoms with Crippen LogP contribution in [0.2, 0.25) is 5.02 Å². The largest absolute Gasteiger partial charge is 0.432 e. The van der Waals surface area contributed by atoms with Crippen LogP contribution in [0, 0.1) is 6.92 Å². The lowest BCUT2D eigenvalue weighted by Crippen LogP contribution is -2.41. The molecule has 3 aromatic heterocycles. The van der Waals surface area contributed by atoms with Crippen LogP contribution in [-0.2, 0) is 0 Å². The third-order valence-electron chi connectivity index (χ3n) is 5.71. The number of pyridine rings is 1. The fourth-order valence-electron chi connectivity index (χ4n) is 4.03. The molecule has 33 heavy (non-hydrogen) atoms. The number of rotatable bonds is 5. The van der Waals surface area contributed by atoms with Crippen LogP contribution in [0.4, 0.5) is 0 Å². The van der Waals surface area contributed by atoms with Crippen LogP contribution in [0.1, 0.15) is 74.1 Å². The Morgan fingerprint density at radius 2 is 2.15 bits per heavy atom. The summed E-state index contributed by atoms with van der Waals surface area (Å²) >= 11 is 6.39. The van der Waals surface area contributed by atoms with Gasteiger partial charge in [0.05, 0.1) is 28.0 Å². The number of aliphatic hydroxyl groups excluding tert-OH is 1. The van der Waals surface area contributed by atoms with Crippen LogP contribution < -0.4 is 5.32 Å². The summed E-state index contributed by atoms with van der Waals surface area (Å²) in [5.41, 5.74) is 5.10. The molecule has 0 saturated carbocycles. The third-order valence-corrected chi connectivity index (χ3v) is 6.03. The first kappa shape index (κ1) is 23.1. The predicted octanol–water partition coefficient (Wildman–Crippen LogP) is 4.71. The molecule has 2 N–H and O–H groups in total. The van der Waals surface area contributed by atoms with E-state index in [1.807, 2.05) is 51.4 Å². The third kappa shape index (κ3) is 4.41. The Balaban J connectivity index is 1.81. The maximum absolute atomic E-state index is 13.6. The lowest BCUT2D eigenvalue weighted by molar-refractivity contribution is 0.0643. The Bertz CT molecular complexity index is 1270. The Hall–Kier alpha value is -3.10. The maximum Gasteiger partial charge on any atom is 0.292 e. The summed E-state index contributed by atoms with van der Waals surface area (Å²) in [4.78, 5) is 19.6. The summed E-state index contributed by atoms with van der Waals surface area (Å²) in [6, 6.07) is 5.13. The highest BCUT2D eigenvalue weighted by Gasteiger charge is 2.36. The number of allylic oxidation sites excluding steroid dienone is 1. The van der Waals surface area contributed by atoms with Gasteiger partial charge in [0.15, 0.2) is 0 Å². The van der Waals surface area contributed by atoms with Gasteiger partial charge < -0.3 is 19.7 Å². The van der Waals surface area contributed by atoms with Crippen molar-refractivity contribution in [2.24, 2.45) is 0 Å². The monoisotopic (exact) mass is 469 g/mol. The van der Waals surface area contributed by atoms with Crippen molar-refractivity contribution < 1.29 is 14.3 Å². The second kappa shape index (κ2) is 9.03. The topological polar surface area (TPSA) is 95.9 Å². The van der Waals surface area contributed by atoms with E-state index in [0.29, 0.717) is 29.4 Å². The number of aliphatic hydroxyl groups is 1. The molecule has 0 saturated heterocycles.